The van der Waals surface area contributed by atoms with Crippen molar-refractivity contribution in [1.29, 1.82) is 0 Å². The molecule has 0 N–H and O–H groups in total. The van der Waals surface area contributed by atoms with Crippen molar-refractivity contribution in [3.63, 3.8) is 0 Å². The lowest BCUT2D eigenvalue weighted by molar-refractivity contribution is -0.136. The van der Waals surface area contributed by atoms with Crippen LogP contribution in [0.25, 0.3) is 10.3 Å². The number of carbonyl (C=O) groups is 1. The zero-order chi connectivity index (χ0) is 19.6. The van der Waals surface area contributed by atoms with E-state index in [0.717, 1.165) is 73.4 Å². The second-order valence-electron chi connectivity index (χ2n) is 7.49. The number of amides is 1. The average molecular weight is 410 g/mol. The van der Waals surface area contributed by atoms with Crippen LogP contribution < -0.4 is 9.80 Å². The average Bonchev–Trinajstić information content (AvgIpc) is 3.24. The normalized spacial score (nSPS) is 20.3. The van der Waals surface area contributed by atoms with Crippen molar-refractivity contribution in [3.8, 4) is 0 Å². The molecule has 0 aromatic carbocycles. The van der Waals surface area contributed by atoms with Crippen LogP contribution in [0.4, 0.5) is 10.9 Å². The molecule has 150 valence electrons. The number of hydrogen-bond donors (Lipinski definition) is 0. The van der Waals surface area contributed by atoms with E-state index in [4.69, 9.17) is 4.98 Å². The highest BCUT2D eigenvalue weighted by atomic mass is 32.1. The fourth-order valence-corrected chi connectivity index (χ4v) is 5.07. The molecule has 0 bridgehead atoms. The first-order chi connectivity index (χ1) is 14.3. The molecule has 0 radical (unpaired) electrons. The van der Waals surface area contributed by atoms with Gasteiger partial charge in [-0.05, 0) is 25.0 Å². The van der Waals surface area contributed by atoms with E-state index in [1.807, 2.05) is 17.0 Å². The Kier molecular flexibility index (Phi) is 4.97. The number of fused-ring (bicyclic) bond motifs is 1. The summed E-state index contributed by atoms with van der Waals surface area (Å²) >= 11 is 1.62. The summed E-state index contributed by atoms with van der Waals surface area (Å²) < 4.78 is 0. The van der Waals surface area contributed by atoms with Crippen LogP contribution in [0.15, 0.2) is 36.9 Å². The van der Waals surface area contributed by atoms with Crippen molar-refractivity contribution >= 4 is 38.5 Å². The van der Waals surface area contributed by atoms with Crippen molar-refractivity contribution in [3.05, 3.63) is 36.9 Å². The molecule has 5 rings (SSSR count). The molecule has 9 heteroatoms. The van der Waals surface area contributed by atoms with Crippen LogP contribution in [0.1, 0.15) is 12.8 Å². The van der Waals surface area contributed by atoms with E-state index in [2.05, 4.69) is 24.8 Å². The second kappa shape index (κ2) is 7.90. The van der Waals surface area contributed by atoms with Crippen molar-refractivity contribution in [2.75, 3.05) is 49.1 Å². The molecule has 1 unspecified atom stereocenters. The van der Waals surface area contributed by atoms with E-state index in [9.17, 15) is 4.79 Å². The minimum absolute atomic E-state index is 0.0314. The van der Waals surface area contributed by atoms with Crippen LogP contribution in [-0.4, -0.2) is 70.0 Å². The number of piperidine rings is 1. The molecule has 2 fully saturated rings. The lowest BCUT2D eigenvalue weighted by atomic mass is 9.96. The third kappa shape index (κ3) is 3.74. The first kappa shape index (κ1) is 18.2. The Bertz CT molecular complexity index is 954. The van der Waals surface area contributed by atoms with Crippen molar-refractivity contribution in [2.24, 2.45) is 5.92 Å². The summed E-state index contributed by atoms with van der Waals surface area (Å²) in [5.74, 6) is 1.16. The first-order valence-corrected chi connectivity index (χ1v) is 10.9. The molecule has 29 heavy (non-hydrogen) atoms. The topological polar surface area (TPSA) is 78.4 Å². The predicted molar refractivity (Wildman–Crippen MR) is 113 cm³/mol. The van der Waals surface area contributed by atoms with E-state index >= 15 is 0 Å². The molecule has 3 aromatic rings. The number of pyridine rings is 1. The summed E-state index contributed by atoms with van der Waals surface area (Å²) in [5, 5.41) is 0.997. The van der Waals surface area contributed by atoms with Crippen LogP contribution >= 0.6 is 11.3 Å². The molecule has 0 spiro atoms. The largest absolute Gasteiger partial charge is 0.355 e. The molecule has 0 saturated carbocycles. The fraction of sp³-hybridized carbons (Fsp3) is 0.450. The smallest absolute Gasteiger partial charge is 0.227 e. The van der Waals surface area contributed by atoms with Gasteiger partial charge in [0.2, 0.25) is 5.91 Å². The summed E-state index contributed by atoms with van der Waals surface area (Å²) in [7, 11) is 0. The number of thiazole rings is 1. The second-order valence-corrected chi connectivity index (χ2v) is 8.44. The van der Waals surface area contributed by atoms with Crippen LogP contribution in [-0.2, 0) is 4.79 Å². The highest BCUT2D eigenvalue weighted by Crippen LogP contribution is 2.28. The monoisotopic (exact) mass is 409 g/mol. The maximum atomic E-state index is 13.1. The fourth-order valence-electron chi connectivity index (χ4n) is 4.11. The molecule has 8 nitrogen and oxygen atoms in total. The lowest BCUT2D eigenvalue weighted by Gasteiger charge is -2.39. The van der Waals surface area contributed by atoms with Crippen LogP contribution in [0, 0.1) is 5.92 Å². The summed E-state index contributed by atoms with van der Waals surface area (Å²) in [6, 6.07) is 3.91. The summed E-state index contributed by atoms with van der Waals surface area (Å²) in [6.07, 6.45) is 8.91. The lowest BCUT2D eigenvalue weighted by Crippen LogP contribution is -2.52. The van der Waals surface area contributed by atoms with Gasteiger partial charge >= 0.3 is 0 Å². The van der Waals surface area contributed by atoms with Gasteiger partial charge in [-0.25, -0.2) is 15.0 Å². The van der Waals surface area contributed by atoms with Gasteiger partial charge in [0, 0.05) is 57.9 Å². The van der Waals surface area contributed by atoms with E-state index < -0.39 is 0 Å². The highest BCUT2D eigenvalue weighted by molar-refractivity contribution is 7.21. The molecule has 5 heterocycles. The van der Waals surface area contributed by atoms with Crippen molar-refractivity contribution < 1.29 is 4.79 Å². The van der Waals surface area contributed by atoms with Gasteiger partial charge in [-0.3, -0.25) is 9.78 Å². The van der Waals surface area contributed by atoms with E-state index in [-0.39, 0.29) is 11.8 Å². The molecule has 2 aliphatic heterocycles. The van der Waals surface area contributed by atoms with Crippen LogP contribution in [0.5, 0.6) is 0 Å². The number of rotatable bonds is 3. The summed E-state index contributed by atoms with van der Waals surface area (Å²) in [6.45, 7) is 4.76. The number of anilines is 2. The van der Waals surface area contributed by atoms with Gasteiger partial charge in [0.1, 0.15) is 16.2 Å². The van der Waals surface area contributed by atoms with Crippen molar-refractivity contribution in [2.45, 2.75) is 12.8 Å². The van der Waals surface area contributed by atoms with Crippen LogP contribution in [0.2, 0.25) is 0 Å². The minimum Gasteiger partial charge on any atom is -0.355 e. The number of hydrogen-bond acceptors (Lipinski definition) is 8. The molecule has 1 amide bonds. The minimum atomic E-state index is 0.0314. The summed E-state index contributed by atoms with van der Waals surface area (Å²) in [5.41, 5.74) is 0.942. The number of nitrogens with zero attached hydrogens (tertiary/aromatic N) is 7. The Morgan fingerprint density at radius 2 is 1.93 bits per heavy atom. The highest BCUT2D eigenvalue weighted by Gasteiger charge is 2.32. The molecular formula is C20H23N7OS. The Morgan fingerprint density at radius 3 is 2.72 bits per heavy atom. The van der Waals surface area contributed by atoms with E-state index in [1.54, 1.807) is 36.1 Å². The van der Waals surface area contributed by atoms with Crippen LogP contribution in [0.3, 0.4) is 0 Å². The molecule has 3 aromatic heterocycles. The van der Waals surface area contributed by atoms with E-state index in [1.165, 1.54) is 0 Å². The molecule has 2 aliphatic rings. The summed E-state index contributed by atoms with van der Waals surface area (Å²) in [4.78, 5) is 38.2. The predicted octanol–water partition coefficient (Wildman–Crippen LogP) is 2.05. The van der Waals surface area contributed by atoms with Gasteiger partial charge in [0.15, 0.2) is 5.13 Å². The van der Waals surface area contributed by atoms with Crippen molar-refractivity contribution in [1.82, 2.24) is 24.8 Å². The van der Waals surface area contributed by atoms with Gasteiger partial charge in [-0.15, -0.1) is 0 Å². The van der Waals surface area contributed by atoms with Gasteiger partial charge in [0.25, 0.3) is 0 Å². The maximum Gasteiger partial charge on any atom is 0.227 e. The number of aromatic nitrogens is 4. The Morgan fingerprint density at radius 1 is 1.03 bits per heavy atom. The standard InChI is InChI=1S/C20H23N7OS/c28-19(15-3-2-8-27(14-15)17-13-21-6-7-22-17)25-9-11-26(12-10-25)20-24-16-4-1-5-23-18(16)29-20/h1,4-7,13,15H,2-3,8-12,14H2. The zero-order valence-corrected chi connectivity index (χ0v) is 17.0. The molecular weight excluding hydrogens is 386 g/mol. The van der Waals surface area contributed by atoms with Gasteiger partial charge < -0.3 is 14.7 Å². The quantitative estimate of drug-likeness (QED) is 0.655. The van der Waals surface area contributed by atoms with Gasteiger partial charge in [-0.1, -0.05) is 11.3 Å². The van der Waals surface area contributed by atoms with E-state index in [0.29, 0.717) is 0 Å². The third-order valence-electron chi connectivity index (χ3n) is 5.66. The Labute approximate surface area is 173 Å². The number of carbonyl (C=O) groups excluding carboxylic acids is 1. The third-order valence-corrected chi connectivity index (χ3v) is 6.70. The molecule has 1 atom stereocenters. The zero-order valence-electron chi connectivity index (χ0n) is 16.1. The maximum absolute atomic E-state index is 13.1. The van der Waals surface area contributed by atoms with Gasteiger partial charge in [0.05, 0.1) is 12.1 Å². The SMILES string of the molecule is O=C(C1CCCN(c2cnccn2)C1)N1CCN(c2nc3cccnc3s2)CC1. The Balaban J connectivity index is 1.20. The number of piperazine rings is 1. The molecule has 2 saturated heterocycles. The Hall–Kier alpha value is -2.81. The first-order valence-electron chi connectivity index (χ1n) is 10.0. The molecule has 0 aliphatic carbocycles. The van der Waals surface area contributed by atoms with Gasteiger partial charge in [-0.2, -0.15) is 0 Å².